The van der Waals surface area contributed by atoms with Crippen LogP contribution in [0.15, 0.2) is 16.7 Å². The number of carboxylic acid groups (broad SMARTS) is 1. The van der Waals surface area contributed by atoms with Gasteiger partial charge in [0.2, 0.25) is 5.69 Å². The first-order chi connectivity index (χ1) is 8.41. The van der Waals surface area contributed by atoms with Gasteiger partial charge in [0.15, 0.2) is 5.76 Å². The highest BCUT2D eigenvalue weighted by Gasteiger charge is 2.22. The maximum Gasteiger partial charge on any atom is 0.360 e. The van der Waals surface area contributed by atoms with Crippen LogP contribution >= 0.6 is 11.6 Å². The van der Waals surface area contributed by atoms with Gasteiger partial charge in [-0.1, -0.05) is 16.8 Å². The van der Waals surface area contributed by atoms with Crippen LogP contribution in [0.3, 0.4) is 0 Å². The van der Waals surface area contributed by atoms with E-state index in [0.717, 1.165) is 6.07 Å². The normalized spacial score (nSPS) is 10.5. The van der Waals surface area contributed by atoms with Crippen molar-refractivity contribution in [1.29, 1.82) is 0 Å². The average molecular weight is 271 g/mol. The summed E-state index contributed by atoms with van der Waals surface area (Å²) in [5.74, 6) is -2.18. The fraction of sp³-hybridized carbons (Fsp3) is 0. The number of aromatic carboxylic acids is 1. The van der Waals surface area contributed by atoms with Gasteiger partial charge in [0, 0.05) is 6.07 Å². The number of anilines is 1. The summed E-state index contributed by atoms with van der Waals surface area (Å²) in [5.41, 5.74) is 4.88. The molecule has 2 rings (SSSR count). The van der Waals surface area contributed by atoms with Gasteiger partial charge in [-0.25, -0.2) is 4.79 Å². The number of aromatic nitrogens is 1. The molecule has 0 unspecified atom stereocenters. The number of hydrogen-bond donors (Lipinski definition) is 4. The molecule has 1 aromatic heterocycles. The van der Waals surface area contributed by atoms with E-state index in [1.807, 2.05) is 0 Å². The van der Waals surface area contributed by atoms with Crippen molar-refractivity contribution in [2.24, 2.45) is 0 Å². The number of nitrogens with two attached hydrogens (primary N) is 1. The summed E-state index contributed by atoms with van der Waals surface area (Å²) in [7, 11) is 0. The molecule has 0 atom stereocenters. The van der Waals surface area contributed by atoms with E-state index in [1.54, 1.807) is 0 Å². The molecule has 2 aromatic rings. The number of aromatic hydroxyl groups is 2. The van der Waals surface area contributed by atoms with Gasteiger partial charge in [-0.3, -0.25) is 0 Å². The van der Waals surface area contributed by atoms with Crippen molar-refractivity contribution in [2.75, 3.05) is 5.73 Å². The smallest absolute Gasteiger partial charge is 0.360 e. The van der Waals surface area contributed by atoms with E-state index >= 15 is 0 Å². The molecular weight excluding hydrogens is 264 g/mol. The SMILES string of the molecule is Nc1c(C(=O)O)noc1-c1cc(Cl)c(O)cc1O. The number of halogens is 1. The monoisotopic (exact) mass is 270 g/mol. The number of phenols is 2. The van der Waals surface area contributed by atoms with Gasteiger partial charge < -0.3 is 25.6 Å². The molecule has 0 aliphatic rings. The standard InChI is InChI=1S/C10H7ClN2O5/c11-4-1-3(5(14)2-6(4)15)9-7(12)8(10(16)17)13-18-9/h1-2,14-15H,12H2,(H,16,17). The fourth-order valence-electron chi connectivity index (χ4n) is 1.38. The Hall–Kier alpha value is -2.41. The lowest BCUT2D eigenvalue weighted by atomic mass is 10.1. The van der Waals surface area contributed by atoms with Gasteiger partial charge in [0.1, 0.15) is 17.2 Å². The Morgan fingerprint density at radius 3 is 2.56 bits per heavy atom. The molecule has 0 saturated heterocycles. The number of carbonyl (C=O) groups is 1. The van der Waals surface area contributed by atoms with E-state index in [0.29, 0.717) is 0 Å². The Bertz CT molecular complexity index is 637. The van der Waals surface area contributed by atoms with Gasteiger partial charge >= 0.3 is 5.97 Å². The maximum absolute atomic E-state index is 10.7. The number of nitrogens with zero attached hydrogens (tertiary/aromatic N) is 1. The molecule has 0 radical (unpaired) electrons. The van der Waals surface area contributed by atoms with Gasteiger partial charge in [0.05, 0.1) is 10.6 Å². The van der Waals surface area contributed by atoms with Gasteiger partial charge in [-0.05, 0) is 6.07 Å². The fourth-order valence-corrected chi connectivity index (χ4v) is 1.54. The molecule has 0 amide bonds. The summed E-state index contributed by atoms with van der Waals surface area (Å²) < 4.78 is 4.76. The van der Waals surface area contributed by atoms with E-state index in [4.69, 9.17) is 27.0 Å². The van der Waals surface area contributed by atoms with Gasteiger partial charge in [-0.2, -0.15) is 0 Å². The highest BCUT2D eigenvalue weighted by atomic mass is 35.5. The van der Waals surface area contributed by atoms with E-state index in [2.05, 4.69) is 5.16 Å². The lowest BCUT2D eigenvalue weighted by Crippen LogP contribution is -2.01. The average Bonchev–Trinajstić information content (AvgIpc) is 2.66. The number of rotatable bonds is 2. The zero-order valence-electron chi connectivity index (χ0n) is 8.72. The van der Waals surface area contributed by atoms with E-state index in [9.17, 15) is 15.0 Å². The van der Waals surface area contributed by atoms with Crippen LogP contribution in [-0.4, -0.2) is 26.4 Å². The van der Waals surface area contributed by atoms with E-state index in [1.165, 1.54) is 6.07 Å². The van der Waals surface area contributed by atoms with Crippen LogP contribution in [0.25, 0.3) is 11.3 Å². The molecule has 1 heterocycles. The first-order valence-corrected chi connectivity index (χ1v) is 5.00. The van der Waals surface area contributed by atoms with Gasteiger partial charge in [0.25, 0.3) is 0 Å². The summed E-state index contributed by atoms with van der Waals surface area (Å²) >= 11 is 5.68. The molecule has 1 aromatic carbocycles. The highest BCUT2D eigenvalue weighted by Crippen LogP contribution is 2.40. The maximum atomic E-state index is 10.7. The van der Waals surface area contributed by atoms with Crippen LogP contribution < -0.4 is 5.73 Å². The van der Waals surface area contributed by atoms with E-state index in [-0.39, 0.29) is 33.5 Å². The Balaban J connectivity index is 2.63. The van der Waals surface area contributed by atoms with Crippen molar-refractivity contribution in [3.8, 4) is 22.8 Å². The number of nitrogen functional groups attached to an aromatic ring is 1. The second-order valence-corrected chi connectivity index (χ2v) is 3.81. The summed E-state index contributed by atoms with van der Waals surface area (Å²) in [6.45, 7) is 0. The predicted octanol–water partition coefficient (Wildman–Crippen LogP) is 1.69. The molecule has 7 nitrogen and oxygen atoms in total. The molecule has 18 heavy (non-hydrogen) atoms. The number of carboxylic acids is 1. The van der Waals surface area contributed by atoms with Crippen LogP contribution in [-0.2, 0) is 0 Å². The lowest BCUT2D eigenvalue weighted by molar-refractivity contribution is 0.0687. The largest absolute Gasteiger partial charge is 0.507 e. The Labute approximate surface area is 105 Å². The van der Waals surface area contributed by atoms with Crippen molar-refractivity contribution >= 4 is 23.3 Å². The lowest BCUT2D eigenvalue weighted by Gasteiger charge is -2.04. The van der Waals surface area contributed by atoms with Crippen LogP contribution in [0.5, 0.6) is 11.5 Å². The highest BCUT2D eigenvalue weighted by molar-refractivity contribution is 6.32. The quantitative estimate of drug-likeness (QED) is 0.653. The third-order valence-corrected chi connectivity index (χ3v) is 2.54. The molecule has 5 N–H and O–H groups in total. The van der Waals surface area contributed by atoms with Crippen molar-refractivity contribution < 1.29 is 24.6 Å². The zero-order chi connectivity index (χ0) is 13.4. The Morgan fingerprint density at radius 1 is 1.33 bits per heavy atom. The molecule has 0 bridgehead atoms. The molecule has 0 aliphatic carbocycles. The Kier molecular flexibility index (Phi) is 2.76. The minimum Gasteiger partial charge on any atom is -0.507 e. The Morgan fingerprint density at radius 2 is 2.00 bits per heavy atom. The predicted molar refractivity (Wildman–Crippen MR) is 61.7 cm³/mol. The van der Waals surface area contributed by atoms with Crippen molar-refractivity contribution in [3.05, 3.63) is 22.8 Å². The summed E-state index contributed by atoms with van der Waals surface area (Å²) in [6.07, 6.45) is 0. The first-order valence-electron chi connectivity index (χ1n) is 4.62. The zero-order valence-corrected chi connectivity index (χ0v) is 9.47. The minimum absolute atomic E-state index is 0.0373. The number of benzene rings is 1. The van der Waals surface area contributed by atoms with E-state index < -0.39 is 11.7 Å². The molecule has 0 spiro atoms. The molecular formula is C10H7ClN2O5. The number of hydrogen-bond acceptors (Lipinski definition) is 6. The van der Waals surface area contributed by atoms with Crippen LogP contribution in [0.2, 0.25) is 5.02 Å². The van der Waals surface area contributed by atoms with Crippen molar-refractivity contribution in [3.63, 3.8) is 0 Å². The molecule has 94 valence electrons. The number of phenolic OH excluding ortho intramolecular Hbond substituents is 2. The van der Waals surface area contributed by atoms with Gasteiger partial charge in [-0.15, -0.1) is 0 Å². The summed E-state index contributed by atoms with van der Waals surface area (Å²) in [6, 6.07) is 2.18. The minimum atomic E-state index is -1.35. The van der Waals surface area contributed by atoms with Crippen LogP contribution in [0, 0.1) is 0 Å². The third-order valence-electron chi connectivity index (χ3n) is 2.24. The van der Waals surface area contributed by atoms with Crippen LogP contribution in [0.4, 0.5) is 5.69 Å². The first kappa shape index (κ1) is 12.1. The van der Waals surface area contributed by atoms with Crippen LogP contribution in [0.1, 0.15) is 10.5 Å². The second-order valence-electron chi connectivity index (χ2n) is 3.40. The third kappa shape index (κ3) is 1.80. The molecule has 8 heteroatoms. The second kappa shape index (κ2) is 4.11. The topological polar surface area (TPSA) is 130 Å². The summed E-state index contributed by atoms with van der Waals surface area (Å²) in [4.78, 5) is 10.7. The molecule has 0 fully saturated rings. The molecule has 0 aliphatic heterocycles. The summed E-state index contributed by atoms with van der Waals surface area (Å²) in [5, 5.41) is 30.9. The molecule has 0 saturated carbocycles. The van der Waals surface area contributed by atoms with Crippen molar-refractivity contribution in [1.82, 2.24) is 5.16 Å². The van der Waals surface area contributed by atoms with Crippen molar-refractivity contribution in [2.45, 2.75) is 0 Å².